The summed E-state index contributed by atoms with van der Waals surface area (Å²) in [6.07, 6.45) is 5.76. The van der Waals surface area contributed by atoms with Gasteiger partial charge in [-0.3, -0.25) is 13.9 Å². The highest BCUT2D eigenvalue weighted by atomic mass is 32.2. The summed E-state index contributed by atoms with van der Waals surface area (Å²) in [5.41, 5.74) is 5.91. The van der Waals surface area contributed by atoms with Gasteiger partial charge in [-0.15, -0.1) is 0 Å². The Morgan fingerprint density at radius 2 is 1.97 bits per heavy atom. The first-order chi connectivity index (χ1) is 18.8. The first kappa shape index (κ1) is 25.7. The Morgan fingerprint density at radius 3 is 2.72 bits per heavy atom. The lowest BCUT2D eigenvalue weighted by molar-refractivity contribution is 0.0944. The average molecular weight is 550 g/mol. The van der Waals surface area contributed by atoms with Gasteiger partial charge in [0.05, 0.1) is 42.5 Å². The lowest BCUT2D eigenvalue weighted by atomic mass is 10.1. The van der Waals surface area contributed by atoms with Crippen LogP contribution in [0, 0.1) is 6.92 Å². The van der Waals surface area contributed by atoms with E-state index in [1.807, 2.05) is 48.1 Å². The van der Waals surface area contributed by atoms with Crippen LogP contribution >= 0.6 is 0 Å². The molecule has 1 aliphatic carbocycles. The second-order valence-corrected chi connectivity index (χ2v) is 12.3. The van der Waals surface area contributed by atoms with Crippen LogP contribution in [0.2, 0.25) is 0 Å². The molecule has 3 aromatic heterocycles. The van der Waals surface area contributed by atoms with Crippen molar-refractivity contribution in [2.45, 2.75) is 45.3 Å². The molecule has 11 nitrogen and oxygen atoms in total. The molecule has 1 saturated carbocycles. The fraction of sp³-hybridized carbons (Fsp3) is 0.407. The van der Waals surface area contributed by atoms with Crippen LogP contribution in [-0.4, -0.2) is 68.8 Å². The van der Waals surface area contributed by atoms with Crippen LogP contribution in [0.1, 0.15) is 51.8 Å². The van der Waals surface area contributed by atoms with Crippen LogP contribution in [0.5, 0.6) is 0 Å². The van der Waals surface area contributed by atoms with Gasteiger partial charge in [-0.2, -0.15) is 9.40 Å². The molecule has 0 spiro atoms. The third-order valence-electron chi connectivity index (χ3n) is 7.22. The minimum Gasteiger partial charge on any atom is -0.384 e. The zero-order valence-corrected chi connectivity index (χ0v) is 22.8. The van der Waals surface area contributed by atoms with Crippen LogP contribution in [0.3, 0.4) is 0 Å². The molecule has 4 heterocycles. The smallest absolute Gasteiger partial charge is 0.270 e. The summed E-state index contributed by atoms with van der Waals surface area (Å²) in [4.78, 5) is 22.3. The molecule has 1 aromatic carbocycles. The van der Waals surface area contributed by atoms with Crippen molar-refractivity contribution < 1.29 is 17.9 Å². The van der Waals surface area contributed by atoms with Crippen LogP contribution in [-0.2, 0) is 34.4 Å². The number of hydrogen-bond donors (Lipinski definition) is 1. The fourth-order valence-corrected chi connectivity index (χ4v) is 6.24. The maximum Gasteiger partial charge on any atom is 0.270 e. The van der Waals surface area contributed by atoms with Gasteiger partial charge in [0.15, 0.2) is 0 Å². The molecular weight excluding hydrogens is 518 g/mol. The van der Waals surface area contributed by atoms with Gasteiger partial charge in [0, 0.05) is 44.1 Å². The van der Waals surface area contributed by atoms with Crippen LogP contribution < -0.4 is 5.32 Å². The van der Waals surface area contributed by atoms with E-state index in [0.717, 1.165) is 46.6 Å². The number of nitrogens with one attached hydrogen (secondary N) is 1. The summed E-state index contributed by atoms with van der Waals surface area (Å²) in [5.74, 6) is 0.687. The van der Waals surface area contributed by atoms with Crippen molar-refractivity contribution in [3.8, 4) is 11.3 Å². The van der Waals surface area contributed by atoms with Crippen molar-refractivity contribution in [3.05, 3.63) is 70.9 Å². The van der Waals surface area contributed by atoms with E-state index in [4.69, 9.17) is 9.84 Å². The Hall–Kier alpha value is -3.61. The van der Waals surface area contributed by atoms with Crippen LogP contribution in [0.15, 0.2) is 42.7 Å². The summed E-state index contributed by atoms with van der Waals surface area (Å²) in [6, 6.07) is 9.82. The molecule has 6 rings (SSSR count). The van der Waals surface area contributed by atoms with Gasteiger partial charge in [-0.25, -0.2) is 18.4 Å². The summed E-state index contributed by atoms with van der Waals surface area (Å²) in [7, 11) is -1.88. The molecular formula is C27H31N7O4S. The number of fused-ring (bicyclic) bond motifs is 2. The predicted molar refractivity (Wildman–Crippen MR) is 145 cm³/mol. The number of carbonyl (C=O) groups is 1. The number of aryl methyl sites for hydroxylation is 1. The van der Waals surface area contributed by atoms with E-state index in [-0.39, 0.29) is 18.3 Å². The predicted octanol–water partition coefficient (Wildman–Crippen LogP) is 2.50. The Balaban J connectivity index is 1.13. The van der Waals surface area contributed by atoms with Crippen LogP contribution in [0.25, 0.3) is 17.0 Å². The van der Waals surface area contributed by atoms with Gasteiger partial charge in [0.2, 0.25) is 15.8 Å². The van der Waals surface area contributed by atoms with Crippen molar-refractivity contribution in [1.82, 2.24) is 33.8 Å². The Kier molecular flexibility index (Phi) is 6.69. The van der Waals surface area contributed by atoms with Gasteiger partial charge in [0.1, 0.15) is 5.69 Å². The molecule has 39 heavy (non-hydrogen) atoms. The Bertz CT molecular complexity index is 1640. The third-order valence-corrected chi connectivity index (χ3v) is 9.00. The molecule has 0 bridgehead atoms. The number of sulfonamides is 1. The highest BCUT2D eigenvalue weighted by Crippen LogP contribution is 2.41. The molecule has 0 radical (unpaired) electrons. The fourth-order valence-electron chi connectivity index (χ4n) is 4.91. The number of carbonyl (C=O) groups excluding carboxylic acids is 1. The van der Waals surface area contributed by atoms with E-state index in [0.29, 0.717) is 43.6 Å². The van der Waals surface area contributed by atoms with Gasteiger partial charge in [-0.05, 0) is 37.0 Å². The second-order valence-electron chi connectivity index (χ2n) is 10.2. The number of rotatable bonds is 9. The summed E-state index contributed by atoms with van der Waals surface area (Å²) in [5, 5.41) is 7.74. The van der Waals surface area contributed by atoms with Crippen LogP contribution in [0.4, 0.5) is 0 Å². The van der Waals surface area contributed by atoms with Gasteiger partial charge in [0.25, 0.3) is 5.91 Å². The molecule has 0 atom stereocenters. The highest BCUT2D eigenvalue weighted by Gasteiger charge is 2.33. The first-order valence-corrected chi connectivity index (χ1v) is 14.7. The number of nitrogens with zero attached hydrogens (tertiary/aromatic N) is 6. The number of benzene rings is 1. The zero-order valence-electron chi connectivity index (χ0n) is 22.0. The number of ether oxygens (including phenoxy) is 1. The number of hydrogen-bond acceptors (Lipinski definition) is 7. The molecule has 12 heteroatoms. The second kappa shape index (κ2) is 10.2. The monoisotopic (exact) mass is 549 g/mol. The topological polar surface area (TPSA) is 124 Å². The molecule has 0 saturated heterocycles. The molecule has 1 aliphatic heterocycles. The van der Waals surface area contributed by atoms with Crippen molar-refractivity contribution >= 4 is 21.7 Å². The van der Waals surface area contributed by atoms with E-state index in [9.17, 15) is 13.2 Å². The van der Waals surface area contributed by atoms with Gasteiger partial charge >= 0.3 is 0 Å². The molecule has 2 aliphatic rings. The summed E-state index contributed by atoms with van der Waals surface area (Å²) < 4.78 is 35.2. The SMILES string of the molecule is COCCS(=O)(=O)N1CCn2nc(-c3ccc(CNC(=O)c4c(C5CC5)nc5ncc(C)cn45)cc3)cc2C1. The molecule has 1 fully saturated rings. The Labute approximate surface area is 226 Å². The van der Waals surface area contributed by atoms with Crippen molar-refractivity contribution in [3.63, 3.8) is 0 Å². The highest BCUT2D eigenvalue weighted by molar-refractivity contribution is 7.89. The van der Waals surface area contributed by atoms with Gasteiger partial charge in [-0.1, -0.05) is 24.3 Å². The van der Waals surface area contributed by atoms with Crippen molar-refractivity contribution in [2.24, 2.45) is 0 Å². The van der Waals surface area contributed by atoms with E-state index >= 15 is 0 Å². The van der Waals surface area contributed by atoms with E-state index in [2.05, 4.69) is 15.3 Å². The number of amides is 1. The maximum absolute atomic E-state index is 13.2. The van der Waals surface area contributed by atoms with Gasteiger partial charge < -0.3 is 10.1 Å². The number of aromatic nitrogens is 5. The minimum absolute atomic E-state index is 0.0296. The normalized spacial score (nSPS) is 15.9. The lowest BCUT2D eigenvalue weighted by Gasteiger charge is -2.26. The van der Waals surface area contributed by atoms with Crippen molar-refractivity contribution in [2.75, 3.05) is 26.0 Å². The van der Waals surface area contributed by atoms with E-state index in [1.54, 1.807) is 10.6 Å². The summed E-state index contributed by atoms with van der Waals surface area (Å²) >= 11 is 0. The quantitative estimate of drug-likeness (QED) is 0.340. The molecule has 0 unspecified atom stereocenters. The van der Waals surface area contributed by atoms with Crippen molar-refractivity contribution in [1.29, 1.82) is 0 Å². The molecule has 1 amide bonds. The lowest BCUT2D eigenvalue weighted by Crippen LogP contribution is -2.40. The number of imidazole rings is 1. The standard InChI is InChI=1S/C27H31N7O4S/c1-18-14-29-27-30-24(21-7-8-21)25(33(27)16-18)26(35)28-15-19-3-5-20(6-4-19)23-13-22-17-32(9-10-34(22)31-23)39(36,37)12-11-38-2/h3-6,13-14,16,21H,7-12,15,17H2,1-2H3,(H,28,35). The summed E-state index contributed by atoms with van der Waals surface area (Å²) in [6.45, 7) is 3.70. The minimum atomic E-state index is -3.37. The maximum atomic E-state index is 13.2. The van der Waals surface area contributed by atoms with E-state index in [1.165, 1.54) is 11.4 Å². The third kappa shape index (κ3) is 5.19. The molecule has 4 aromatic rings. The molecule has 204 valence electrons. The Morgan fingerprint density at radius 1 is 1.18 bits per heavy atom. The van der Waals surface area contributed by atoms with E-state index < -0.39 is 10.0 Å². The number of methoxy groups -OCH3 is 1. The first-order valence-electron chi connectivity index (χ1n) is 13.1. The largest absolute Gasteiger partial charge is 0.384 e. The average Bonchev–Trinajstić information content (AvgIpc) is 3.58. The zero-order chi connectivity index (χ0) is 27.1. The molecule has 1 N–H and O–H groups in total.